The summed E-state index contributed by atoms with van der Waals surface area (Å²) >= 11 is 0. The van der Waals surface area contributed by atoms with E-state index >= 15 is 0 Å². The number of amides is 1. The molecule has 2 rings (SSSR count). The summed E-state index contributed by atoms with van der Waals surface area (Å²) in [4.78, 5) is 25.5. The van der Waals surface area contributed by atoms with Gasteiger partial charge in [0, 0.05) is 13.1 Å². The quantitative estimate of drug-likeness (QED) is 0.764. The second kappa shape index (κ2) is 5.68. The van der Waals surface area contributed by atoms with E-state index in [9.17, 15) is 4.79 Å². The van der Waals surface area contributed by atoms with E-state index in [4.69, 9.17) is 10.5 Å². The number of rotatable bonds is 3. The highest BCUT2D eigenvalue weighted by atomic mass is 16.5. The molecule has 1 amide bonds. The molecular formula is C11H18N6O2. The first-order chi connectivity index (χ1) is 9.04. The van der Waals surface area contributed by atoms with Crippen LogP contribution in [0, 0.1) is 0 Å². The van der Waals surface area contributed by atoms with Crippen molar-refractivity contribution >= 4 is 17.8 Å². The van der Waals surface area contributed by atoms with Crippen molar-refractivity contribution in [3.05, 3.63) is 0 Å². The third-order valence-corrected chi connectivity index (χ3v) is 2.51. The van der Waals surface area contributed by atoms with Crippen LogP contribution < -0.4 is 20.7 Å². The summed E-state index contributed by atoms with van der Waals surface area (Å²) in [5.41, 5.74) is 5.65. The minimum atomic E-state index is -0.0536. The molecule has 0 aromatic carbocycles. The number of hydrogen-bond acceptors (Lipinski definition) is 7. The number of nitrogens with one attached hydrogen (secondary N) is 1. The van der Waals surface area contributed by atoms with Crippen LogP contribution in [0.25, 0.3) is 0 Å². The molecule has 0 aliphatic carbocycles. The number of nitrogens with zero attached hydrogens (tertiary/aromatic N) is 4. The van der Waals surface area contributed by atoms with Gasteiger partial charge in [0.15, 0.2) is 0 Å². The van der Waals surface area contributed by atoms with Crippen LogP contribution in [0.4, 0.5) is 11.9 Å². The van der Waals surface area contributed by atoms with Crippen LogP contribution in [-0.2, 0) is 4.79 Å². The van der Waals surface area contributed by atoms with Crippen LogP contribution in [0.3, 0.4) is 0 Å². The third-order valence-electron chi connectivity index (χ3n) is 2.51. The molecule has 104 valence electrons. The predicted molar refractivity (Wildman–Crippen MR) is 69.8 cm³/mol. The molecule has 1 saturated heterocycles. The number of anilines is 2. The Balaban J connectivity index is 2.22. The molecule has 0 unspecified atom stereocenters. The maximum Gasteiger partial charge on any atom is 0.323 e. The predicted octanol–water partition coefficient (Wildman–Crippen LogP) is -0.433. The summed E-state index contributed by atoms with van der Waals surface area (Å²) in [5, 5.41) is 2.79. The van der Waals surface area contributed by atoms with Crippen molar-refractivity contribution in [2.24, 2.45) is 0 Å². The fourth-order valence-electron chi connectivity index (χ4n) is 1.74. The zero-order valence-electron chi connectivity index (χ0n) is 11.1. The van der Waals surface area contributed by atoms with Crippen molar-refractivity contribution in [3.8, 4) is 6.01 Å². The van der Waals surface area contributed by atoms with Crippen molar-refractivity contribution in [1.29, 1.82) is 0 Å². The van der Waals surface area contributed by atoms with Gasteiger partial charge >= 0.3 is 6.01 Å². The molecule has 1 fully saturated rings. The van der Waals surface area contributed by atoms with Crippen molar-refractivity contribution in [1.82, 2.24) is 20.3 Å². The number of carbonyl (C=O) groups is 1. The number of nitrogen functional groups attached to an aromatic ring is 1. The highest BCUT2D eigenvalue weighted by Crippen LogP contribution is 2.15. The maximum absolute atomic E-state index is 11.5. The molecule has 3 N–H and O–H groups in total. The zero-order chi connectivity index (χ0) is 13.8. The van der Waals surface area contributed by atoms with Gasteiger partial charge in [0.25, 0.3) is 0 Å². The standard InChI is InChI=1S/C11H18N6O2/c1-7(2)19-11-15-9(12)14-10(16-11)17-5-3-4-13-8(18)6-17/h7H,3-6H2,1-2H3,(H,13,18)(H2,12,14,15,16). The van der Waals surface area contributed by atoms with Crippen molar-refractivity contribution < 1.29 is 9.53 Å². The first-order valence-corrected chi connectivity index (χ1v) is 6.24. The van der Waals surface area contributed by atoms with E-state index in [0.717, 1.165) is 6.42 Å². The molecular weight excluding hydrogens is 248 g/mol. The second-order valence-corrected chi connectivity index (χ2v) is 4.57. The Morgan fingerprint density at radius 2 is 2.16 bits per heavy atom. The minimum absolute atomic E-state index is 0.0530. The normalized spacial score (nSPS) is 16.2. The lowest BCUT2D eigenvalue weighted by Crippen LogP contribution is -2.34. The molecule has 1 aromatic rings. The zero-order valence-corrected chi connectivity index (χ0v) is 11.1. The largest absolute Gasteiger partial charge is 0.461 e. The molecule has 1 aliphatic heterocycles. The van der Waals surface area contributed by atoms with Crippen molar-refractivity contribution in [3.63, 3.8) is 0 Å². The van der Waals surface area contributed by atoms with Crippen LogP contribution >= 0.6 is 0 Å². The summed E-state index contributed by atoms with van der Waals surface area (Å²) < 4.78 is 5.42. The van der Waals surface area contributed by atoms with Gasteiger partial charge in [-0.05, 0) is 20.3 Å². The highest BCUT2D eigenvalue weighted by molar-refractivity contribution is 5.81. The third kappa shape index (κ3) is 3.67. The second-order valence-electron chi connectivity index (χ2n) is 4.57. The number of carbonyl (C=O) groups excluding carboxylic acids is 1. The lowest BCUT2D eigenvalue weighted by atomic mass is 10.4. The van der Waals surface area contributed by atoms with Crippen molar-refractivity contribution in [2.45, 2.75) is 26.4 Å². The Morgan fingerprint density at radius 1 is 1.37 bits per heavy atom. The van der Waals surface area contributed by atoms with Gasteiger partial charge in [-0.25, -0.2) is 0 Å². The van der Waals surface area contributed by atoms with Crippen LogP contribution in [0.5, 0.6) is 6.01 Å². The Bertz CT molecular complexity index is 464. The van der Waals surface area contributed by atoms with E-state index in [0.29, 0.717) is 19.0 Å². The van der Waals surface area contributed by atoms with Gasteiger partial charge in [-0.15, -0.1) is 0 Å². The average Bonchev–Trinajstić information content (AvgIpc) is 2.52. The number of hydrogen-bond donors (Lipinski definition) is 2. The Morgan fingerprint density at radius 3 is 2.89 bits per heavy atom. The lowest BCUT2D eigenvalue weighted by Gasteiger charge is -2.19. The summed E-state index contributed by atoms with van der Waals surface area (Å²) in [7, 11) is 0. The fourth-order valence-corrected chi connectivity index (χ4v) is 1.74. The first-order valence-electron chi connectivity index (χ1n) is 6.24. The van der Waals surface area contributed by atoms with E-state index in [1.165, 1.54) is 0 Å². The summed E-state index contributed by atoms with van der Waals surface area (Å²) in [6.45, 7) is 5.30. The number of nitrogens with two attached hydrogens (primary N) is 1. The van der Waals surface area contributed by atoms with E-state index in [-0.39, 0.29) is 30.5 Å². The first kappa shape index (κ1) is 13.3. The molecule has 19 heavy (non-hydrogen) atoms. The SMILES string of the molecule is CC(C)Oc1nc(N)nc(N2CCCNC(=O)C2)n1. The molecule has 8 nitrogen and oxygen atoms in total. The summed E-state index contributed by atoms with van der Waals surface area (Å²) in [6.07, 6.45) is 0.777. The van der Waals surface area contributed by atoms with Gasteiger partial charge in [0.05, 0.1) is 12.6 Å². The topological polar surface area (TPSA) is 106 Å². The maximum atomic E-state index is 11.5. The summed E-state index contributed by atoms with van der Waals surface area (Å²) in [6, 6.07) is 0.183. The van der Waals surface area contributed by atoms with Crippen molar-refractivity contribution in [2.75, 3.05) is 30.3 Å². The van der Waals surface area contributed by atoms with E-state index in [1.807, 2.05) is 13.8 Å². The molecule has 0 bridgehead atoms. The van der Waals surface area contributed by atoms with Gasteiger partial charge in [-0.2, -0.15) is 15.0 Å². The van der Waals surface area contributed by atoms with Crippen LogP contribution in [0.15, 0.2) is 0 Å². The molecule has 0 spiro atoms. The minimum Gasteiger partial charge on any atom is -0.461 e. The molecule has 8 heteroatoms. The van der Waals surface area contributed by atoms with Gasteiger partial charge in [-0.1, -0.05) is 0 Å². The lowest BCUT2D eigenvalue weighted by molar-refractivity contribution is -0.119. The number of ether oxygens (including phenoxy) is 1. The van der Waals surface area contributed by atoms with Gasteiger partial charge in [0.2, 0.25) is 17.8 Å². The Hall–Kier alpha value is -2.12. The molecule has 1 aromatic heterocycles. The van der Waals surface area contributed by atoms with E-state index in [1.54, 1.807) is 4.90 Å². The number of aromatic nitrogens is 3. The Labute approximate surface area is 111 Å². The van der Waals surface area contributed by atoms with Crippen LogP contribution in [-0.4, -0.2) is 46.6 Å². The highest BCUT2D eigenvalue weighted by Gasteiger charge is 2.19. The van der Waals surface area contributed by atoms with Crippen LogP contribution in [0.2, 0.25) is 0 Å². The molecule has 0 atom stereocenters. The molecule has 1 aliphatic rings. The molecule has 2 heterocycles. The van der Waals surface area contributed by atoms with E-state index in [2.05, 4.69) is 20.3 Å². The van der Waals surface area contributed by atoms with Gasteiger partial charge in [0.1, 0.15) is 0 Å². The average molecular weight is 266 g/mol. The Kier molecular flexibility index (Phi) is 3.98. The van der Waals surface area contributed by atoms with Gasteiger partial charge in [-0.3, -0.25) is 4.79 Å². The fraction of sp³-hybridized carbons (Fsp3) is 0.636. The van der Waals surface area contributed by atoms with Gasteiger partial charge < -0.3 is 20.7 Å². The monoisotopic (exact) mass is 266 g/mol. The molecule has 0 saturated carbocycles. The van der Waals surface area contributed by atoms with Crippen LogP contribution in [0.1, 0.15) is 20.3 Å². The van der Waals surface area contributed by atoms with E-state index < -0.39 is 0 Å². The smallest absolute Gasteiger partial charge is 0.323 e. The molecule has 0 radical (unpaired) electrons. The summed E-state index contributed by atoms with van der Waals surface area (Å²) in [5.74, 6) is 0.410.